The molecule has 3 heteroatoms. The summed E-state index contributed by atoms with van der Waals surface area (Å²) in [6.07, 6.45) is 5.30. The number of piperazine rings is 1. The molecule has 1 aliphatic heterocycles. The van der Waals surface area contributed by atoms with Crippen LogP contribution in [0, 0.1) is 5.92 Å². The van der Waals surface area contributed by atoms with Gasteiger partial charge in [0.05, 0.1) is 0 Å². The molecule has 1 aliphatic carbocycles. The smallest absolute Gasteiger partial charge is 0.119 e. The molecule has 2 unspecified atom stereocenters. The summed E-state index contributed by atoms with van der Waals surface area (Å²) in [7, 11) is 0. The minimum Gasteiger partial charge on any atom is -0.314 e. The lowest BCUT2D eigenvalue weighted by Crippen LogP contribution is -2.49. The summed E-state index contributed by atoms with van der Waals surface area (Å²) in [4.78, 5) is 2.42. The molecule has 1 fully saturated rings. The van der Waals surface area contributed by atoms with Gasteiger partial charge in [-0.2, -0.15) is 0 Å². The van der Waals surface area contributed by atoms with E-state index in [1.54, 1.807) is 12.2 Å². The second-order valence-corrected chi connectivity index (χ2v) is 4.05. The van der Waals surface area contributed by atoms with E-state index in [2.05, 4.69) is 17.1 Å². The van der Waals surface area contributed by atoms with Gasteiger partial charge in [-0.1, -0.05) is 13.0 Å². The molecule has 0 radical (unpaired) electrons. The number of rotatable bonds is 1. The molecule has 1 heterocycles. The Balaban J connectivity index is 2.01. The molecule has 78 valence electrons. The zero-order valence-corrected chi connectivity index (χ0v) is 8.54. The van der Waals surface area contributed by atoms with Crippen molar-refractivity contribution in [1.82, 2.24) is 10.2 Å². The summed E-state index contributed by atoms with van der Waals surface area (Å²) in [5.41, 5.74) is 0. The summed E-state index contributed by atoms with van der Waals surface area (Å²) in [6, 6.07) is 0.386. The highest BCUT2D eigenvalue weighted by Gasteiger charge is 2.24. The first-order valence-electron chi connectivity index (χ1n) is 5.27. The van der Waals surface area contributed by atoms with E-state index in [4.69, 9.17) is 0 Å². The summed E-state index contributed by atoms with van der Waals surface area (Å²) in [6.45, 7) is 6.30. The van der Waals surface area contributed by atoms with Gasteiger partial charge in [0.2, 0.25) is 0 Å². The third-order valence-corrected chi connectivity index (χ3v) is 2.99. The van der Waals surface area contributed by atoms with Crippen LogP contribution in [-0.2, 0) is 0 Å². The second-order valence-electron chi connectivity index (χ2n) is 4.05. The van der Waals surface area contributed by atoms with Crippen LogP contribution in [0.25, 0.3) is 0 Å². The Morgan fingerprint density at radius 1 is 1.43 bits per heavy atom. The highest BCUT2D eigenvalue weighted by Crippen LogP contribution is 2.22. The predicted octanol–water partition coefficient (Wildman–Crippen LogP) is 1.32. The van der Waals surface area contributed by atoms with Crippen molar-refractivity contribution >= 4 is 0 Å². The number of nitrogens with one attached hydrogen (secondary N) is 1. The zero-order chi connectivity index (χ0) is 9.97. The van der Waals surface area contributed by atoms with Crippen LogP contribution in [0.2, 0.25) is 0 Å². The van der Waals surface area contributed by atoms with Gasteiger partial charge >= 0.3 is 0 Å². The van der Waals surface area contributed by atoms with Gasteiger partial charge in [-0.05, 0) is 18.1 Å². The molecule has 0 bridgehead atoms. The Labute approximate surface area is 84.5 Å². The van der Waals surface area contributed by atoms with Gasteiger partial charge in [0.15, 0.2) is 0 Å². The molecule has 0 spiro atoms. The van der Waals surface area contributed by atoms with Crippen LogP contribution in [0.5, 0.6) is 0 Å². The number of hydrogen-bond donors (Lipinski definition) is 1. The van der Waals surface area contributed by atoms with Gasteiger partial charge in [-0.3, -0.25) is 4.90 Å². The Kier molecular flexibility index (Phi) is 2.99. The maximum absolute atomic E-state index is 12.9. The molecular weight excluding hydrogens is 179 g/mol. The van der Waals surface area contributed by atoms with Crippen LogP contribution >= 0.6 is 0 Å². The third kappa shape index (κ3) is 2.04. The summed E-state index contributed by atoms with van der Waals surface area (Å²) < 4.78 is 12.9. The monoisotopic (exact) mass is 196 g/mol. The SMILES string of the molecule is CC1C=C(F)C=CC1N1CCNCC1. The number of hydrogen-bond acceptors (Lipinski definition) is 2. The van der Waals surface area contributed by atoms with Crippen molar-refractivity contribution in [1.29, 1.82) is 0 Å². The molecule has 0 aromatic rings. The van der Waals surface area contributed by atoms with Crippen molar-refractivity contribution in [2.75, 3.05) is 26.2 Å². The topological polar surface area (TPSA) is 15.3 Å². The molecular formula is C11H17FN2. The first-order chi connectivity index (χ1) is 6.77. The summed E-state index contributed by atoms with van der Waals surface area (Å²) in [5, 5.41) is 3.32. The van der Waals surface area contributed by atoms with Crippen molar-refractivity contribution in [3.8, 4) is 0 Å². The minimum atomic E-state index is -0.0936. The van der Waals surface area contributed by atoms with E-state index >= 15 is 0 Å². The van der Waals surface area contributed by atoms with Crippen molar-refractivity contribution in [2.45, 2.75) is 13.0 Å². The van der Waals surface area contributed by atoms with Crippen LogP contribution in [-0.4, -0.2) is 37.1 Å². The Morgan fingerprint density at radius 2 is 2.14 bits per heavy atom. The highest BCUT2D eigenvalue weighted by molar-refractivity contribution is 5.22. The fourth-order valence-electron chi connectivity index (χ4n) is 2.21. The molecule has 2 rings (SSSR count). The number of nitrogens with zero attached hydrogens (tertiary/aromatic N) is 1. The fraction of sp³-hybridized carbons (Fsp3) is 0.636. The van der Waals surface area contributed by atoms with Gasteiger partial charge in [0.1, 0.15) is 5.83 Å². The Morgan fingerprint density at radius 3 is 2.79 bits per heavy atom. The van der Waals surface area contributed by atoms with E-state index in [0.717, 1.165) is 26.2 Å². The van der Waals surface area contributed by atoms with E-state index in [1.807, 2.05) is 6.08 Å². The normalized spacial score (nSPS) is 34.3. The molecule has 1 N–H and O–H groups in total. The van der Waals surface area contributed by atoms with Crippen molar-refractivity contribution in [3.05, 3.63) is 24.1 Å². The number of allylic oxidation sites excluding steroid dienone is 2. The average Bonchev–Trinajstić information content (AvgIpc) is 2.19. The lowest BCUT2D eigenvalue weighted by molar-refractivity contribution is 0.175. The van der Waals surface area contributed by atoms with Crippen molar-refractivity contribution in [2.24, 2.45) is 5.92 Å². The molecule has 0 aromatic carbocycles. The maximum Gasteiger partial charge on any atom is 0.119 e. The summed E-state index contributed by atoms with van der Waals surface area (Å²) in [5.74, 6) is 0.196. The van der Waals surface area contributed by atoms with E-state index in [1.165, 1.54) is 0 Å². The molecule has 14 heavy (non-hydrogen) atoms. The molecule has 0 amide bonds. The van der Waals surface area contributed by atoms with Gasteiger partial charge < -0.3 is 5.32 Å². The fourth-order valence-corrected chi connectivity index (χ4v) is 2.21. The van der Waals surface area contributed by atoms with Crippen molar-refractivity contribution in [3.63, 3.8) is 0 Å². The van der Waals surface area contributed by atoms with Crippen LogP contribution in [0.1, 0.15) is 6.92 Å². The molecule has 0 aromatic heterocycles. The maximum atomic E-state index is 12.9. The first-order valence-corrected chi connectivity index (χ1v) is 5.27. The minimum absolute atomic E-state index is 0.0936. The third-order valence-electron chi connectivity index (χ3n) is 2.99. The standard InChI is InChI=1S/C11H17FN2/c1-9-8-10(12)2-3-11(9)14-6-4-13-5-7-14/h2-3,8-9,11,13H,4-7H2,1H3. The van der Waals surface area contributed by atoms with Gasteiger partial charge in [-0.15, -0.1) is 0 Å². The Hall–Kier alpha value is -0.670. The largest absolute Gasteiger partial charge is 0.314 e. The lowest BCUT2D eigenvalue weighted by Gasteiger charge is -2.36. The van der Waals surface area contributed by atoms with Crippen LogP contribution in [0.3, 0.4) is 0 Å². The highest BCUT2D eigenvalue weighted by atomic mass is 19.1. The van der Waals surface area contributed by atoms with Crippen molar-refractivity contribution < 1.29 is 4.39 Å². The zero-order valence-electron chi connectivity index (χ0n) is 8.54. The van der Waals surface area contributed by atoms with Crippen LogP contribution in [0.15, 0.2) is 24.1 Å². The molecule has 2 atom stereocenters. The molecule has 1 saturated heterocycles. The molecule has 0 saturated carbocycles. The quantitative estimate of drug-likeness (QED) is 0.680. The van der Waals surface area contributed by atoms with Crippen LogP contribution in [0.4, 0.5) is 4.39 Å². The van der Waals surface area contributed by atoms with E-state index in [9.17, 15) is 4.39 Å². The second kappa shape index (κ2) is 4.24. The molecule has 2 aliphatic rings. The first kappa shape index (κ1) is 9.87. The van der Waals surface area contributed by atoms with Gasteiger partial charge in [0.25, 0.3) is 0 Å². The van der Waals surface area contributed by atoms with E-state index in [-0.39, 0.29) is 11.7 Å². The number of halogens is 1. The van der Waals surface area contributed by atoms with E-state index in [0.29, 0.717) is 6.04 Å². The van der Waals surface area contributed by atoms with Gasteiger partial charge in [0, 0.05) is 32.2 Å². The summed E-state index contributed by atoms with van der Waals surface area (Å²) >= 11 is 0. The predicted molar refractivity (Wildman–Crippen MR) is 55.7 cm³/mol. The Bertz CT molecular complexity index is 254. The van der Waals surface area contributed by atoms with Gasteiger partial charge in [-0.25, -0.2) is 4.39 Å². The lowest BCUT2D eigenvalue weighted by atomic mass is 9.95. The van der Waals surface area contributed by atoms with E-state index < -0.39 is 0 Å². The molecule has 2 nitrogen and oxygen atoms in total. The van der Waals surface area contributed by atoms with Crippen LogP contribution < -0.4 is 5.32 Å². The average molecular weight is 196 g/mol.